The minimum atomic E-state index is -0.842. The molecule has 2 aromatic carbocycles. The zero-order valence-corrected chi connectivity index (χ0v) is 20.0. The third-order valence-electron chi connectivity index (χ3n) is 5.67. The Kier molecular flexibility index (Phi) is 8.47. The average molecular weight is 503 g/mol. The van der Waals surface area contributed by atoms with E-state index in [9.17, 15) is 14.0 Å². The molecule has 9 heteroatoms. The summed E-state index contributed by atoms with van der Waals surface area (Å²) in [6.07, 6.45) is 0.383. The van der Waals surface area contributed by atoms with Crippen LogP contribution in [0.5, 0.6) is 0 Å². The summed E-state index contributed by atoms with van der Waals surface area (Å²) in [5.74, 6) is -2.63. The van der Waals surface area contributed by atoms with E-state index in [1.807, 2.05) is 0 Å². The van der Waals surface area contributed by atoms with Crippen LogP contribution in [0.15, 0.2) is 54.6 Å². The molecule has 3 rings (SSSR count). The van der Waals surface area contributed by atoms with E-state index in [-0.39, 0.29) is 25.3 Å². The highest BCUT2D eigenvalue weighted by atomic mass is 35.5. The van der Waals surface area contributed by atoms with E-state index >= 15 is 0 Å². The van der Waals surface area contributed by atoms with Crippen molar-refractivity contribution in [3.63, 3.8) is 0 Å². The van der Waals surface area contributed by atoms with Crippen molar-refractivity contribution in [2.45, 2.75) is 26.3 Å². The Bertz CT molecular complexity index is 1190. The van der Waals surface area contributed by atoms with Crippen LogP contribution in [0.2, 0.25) is 10.0 Å². The van der Waals surface area contributed by atoms with Gasteiger partial charge >= 0.3 is 0 Å². The van der Waals surface area contributed by atoms with Gasteiger partial charge in [0.2, 0.25) is 11.8 Å². The van der Waals surface area contributed by atoms with E-state index in [1.54, 1.807) is 49.4 Å². The summed E-state index contributed by atoms with van der Waals surface area (Å²) < 4.78 is 13.4. The Morgan fingerprint density at radius 2 is 1.62 bits per heavy atom. The Morgan fingerprint density at radius 3 is 2.24 bits per heavy atom. The van der Waals surface area contributed by atoms with Crippen LogP contribution in [0.4, 0.5) is 10.2 Å². The number of pyridine rings is 1. The second-order valence-corrected chi connectivity index (χ2v) is 8.91. The van der Waals surface area contributed by atoms with Gasteiger partial charge in [-0.15, -0.1) is 0 Å². The van der Waals surface area contributed by atoms with E-state index in [0.29, 0.717) is 27.1 Å². The summed E-state index contributed by atoms with van der Waals surface area (Å²) in [6.45, 7) is 2.00. The molecule has 0 radical (unpaired) electrons. The van der Waals surface area contributed by atoms with Gasteiger partial charge in [0.05, 0.1) is 21.9 Å². The van der Waals surface area contributed by atoms with Crippen LogP contribution in [0.3, 0.4) is 0 Å². The van der Waals surface area contributed by atoms with E-state index in [4.69, 9.17) is 34.7 Å². The van der Waals surface area contributed by atoms with Crippen molar-refractivity contribution in [2.24, 2.45) is 17.6 Å². The van der Waals surface area contributed by atoms with Gasteiger partial charge in [0.15, 0.2) is 0 Å². The summed E-state index contributed by atoms with van der Waals surface area (Å²) in [5, 5.41) is 3.62. The predicted octanol–water partition coefficient (Wildman–Crippen LogP) is 4.24. The van der Waals surface area contributed by atoms with Gasteiger partial charge in [-0.05, 0) is 66.8 Å². The summed E-state index contributed by atoms with van der Waals surface area (Å²) in [7, 11) is 0. The molecule has 2 amide bonds. The fraction of sp³-hybridized carbons (Fsp3) is 0.240. The van der Waals surface area contributed by atoms with Crippen molar-refractivity contribution in [1.29, 1.82) is 0 Å². The van der Waals surface area contributed by atoms with Gasteiger partial charge in [0, 0.05) is 12.2 Å². The lowest BCUT2D eigenvalue weighted by atomic mass is 9.81. The lowest BCUT2D eigenvalue weighted by Crippen LogP contribution is -2.42. The quantitative estimate of drug-likeness (QED) is 0.406. The van der Waals surface area contributed by atoms with Crippen molar-refractivity contribution < 1.29 is 14.0 Å². The number of hydrogen-bond donors (Lipinski definition) is 3. The SMILES string of the molecule is Cc1nc(N)ccc1CNC(=O)[C@@H](Cc1ccc(Cl)c(Cl)c1)C(Cc1ccc(F)cc1)C(N)=O. The molecular formula is C25H25Cl2FN4O2. The van der Waals surface area contributed by atoms with Crippen LogP contribution in [-0.2, 0) is 29.0 Å². The van der Waals surface area contributed by atoms with Crippen molar-refractivity contribution in [1.82, 2.24) is 10.3 Å². The van der Waals surface area contributed by atoms with Crippen molar-refractivity contribution in [3.8, 4) is 0 Å². The molecule has 6 nitrogen and oxygen atoms in total. The number of nitrogens with one attached hydrogen (secondary N) is 1. The lowest BCUT2D eigenvalue weighted by molar-refractivity contribution is -0.133. The van der Waals surface area contributed by atoms with Gasteiger partial charge in [0.1, 0.15) is 11.6 Å². The van der Waals surface area contributed by atoms with E-state index in [0.717, 1.165) is 11.1 Å². The molecule has 0 saturated heterocycles. The van der Waals surface area contributed by atoms with Crippen LogP contribution < -0.4 is 16.8 Å². The van der Waals surface area contributed by atoms with Crippen molar-refractivity contribution in [3.05, 3.63) is 92.8 Å². The second kappa shape index (κ2) is 11.3. The number of halogens is 3. The first-order chi connectivity index (χ1) is 16.1. The van der Waals surface area contributed by atoms with Crippen LogP contribution >= 0.6 is 23.2 Å². The first kappa shape index (κ1) is 25.5. The second-order valence-electron chi connectivity index (χ2n) is 8.10. The Balaban J connectivity index is 1.88. The van der Waals surface area contributed by atoms with Crippen LogP contribution in [-0.4, -0.2) is 16.8 Å². The molecule has 3 aromatic rings. The highest BCUT2D eigenvalue weighted by molar-refractivity contribution is 6.42. The normalized spacial score (nSPS) is 12.7. The maximum atomic E-state index is 13.4. The van der Waals surface area contributed by atoms with Gasteiger partial charge in [0.25, 0.3) is 0 Å². The summed E-state index contributed by atoms with van der Waals surface area (Å²) in [4.78, 5) is 30.1. The highest BCUT2D eigenvalue weighted by Crippen LogP contribution is 2.27. The van der Waals surface area contributed by atoms with Gasteiger partial charge in [-0.1, -0.05) is 47.5 Å². The van der Waals surface area contributed by atoms with Gasteiger partial charge in [-0.25, -0.2) is 9.37 Å². The monoisotopic (exact) mass is 502 g/mol. The number of aryl methyl sites for hydroxylation is 1. The highest BCUT2D eigenvalue weighted by Gasteiger charge is 2.33. The number of hydrogen-bond acceptors (Lipinski definition) is 4. The molecule has 0 aliphatic rings. The third kappa shape index (κ3) is 6.68. The zero-order chi connectivity index (χ0) is 24.8. The number of carbonyl (C=O) groups is 2. The standard InChI is InChI=1S/C25H25Cl2FN4O2/c1-14-17(5-9-23(29)32-14)13-31-25(34)20(11-16-4-8-21(26)22(27)12-16)19(24(30)33)10-15-2-6-18(28)7-3-15/h2-9,12,19-20H,10-11,13H2,1H3,(H2,29,32)(H2,30,33)(H,31,34)/t19?,20-/m0/s1. The van der Waals surface area contributed by atoms with E-state index < -0.39 is 23.6 Å². The van der Waals surface area contributed by atoms with Crippen LogP contribution in [0.25, 0.3) is 0 Å². The number of amides is 2. The first-order valence-electron chi connectivity index (χ1n) is 10.6. The molecule has 0 aliphatic heterocycles. The Labute approximate surface area is 207 Å². The number of benzene rings is 2. The maximum absolute atomic E-state index is 13.4. The number of aromatic nitrogens is 1. The number of primary amides is 1. The summed E-state index contributed by atoms with van der Waals surface area (Å²) >= 11 is 12.2. The number of rotatable bonds is 9. The number of nitrogen functional groups attached to an aromatic ring is 1. The molecule has 5 N–H and O–H groups in total. The fourth-order valence-electron chi connectivity index (χ4n) is 3.76. The van der Waals surface area contributed by atoms with Gasteiger partial charge in [-0.2, -0.15) is 0 Å². The molecule has 178 valence electrons. The third-order valence-corrected chi connectivity index (χ3v) is 6.41. The van der Waals surface area contributed by atoms with Crippen molar-refractivity contribution in [2.75, 3.05) is 5.73 Å². The Hall–Kier alpha value is -3.16. The number of carbonyl (C=O) groups excluding carboxylic acids is 2. The largest absolute Gasteiger partial charge is 0.384 e. The minimum Gasteiger partial charge on any atom is -0.384 e. The predicted molar refractivity (Wildman–Crippen MR) is 132 cm³/mol. The molecule has 0 fully saturated rings. The smallest absolute Gasteiger partial charge is 0.224 e. The fourth-order valence-corrected chi connectivity index (χ4v) is 4.08. The summed E-state index contributed by atoms with van der Waals surface area (Å²) in [6, 6.07) is 14.2. The van der Waals surface area contributed by atoms with E-state index in [1.165, 1.54) is 12.1 Å². The minimum absolute atomic E-state index is 0.178. The van der Waals surface area contributed by atoms with Gasteiger partial charge in [-0.3, -0.25) is 9.59 Å². The van der Waals surface area contributed by atoms with Crippen molar-refractivity contribution >= 4 is 40.8 Å². The molecule has 34 heavy (non-hydrogen) atoms. The first-order valence-corrected chi connectivity index (χ1v) is 11.4. The molecule has 0 bridgehead atoms. The van der Waals surface area contributed by atoms with Crippen LogP contribution in [0.1, 0.15) is 22.4 Å². The molecule has 0 saturated carbocycles. The van der Waals surface area contributed by atoms with Gasteiger partial charge < -0.3 is 16.8 Å². The van der Waals surface area contributed by atoms with Crippen LogP contribution in [0, 0.1) is 24.6 Å². The Morgan fingerprint density at radius 1 is 0.971 bits per heavy atom. The molecule has 0 spiro atoms. The maximum Gasteiger partial charge on any atom is 0.224 e. The number of nitrogens with two attached hydrogens (primary N) is 2. The zero-order valence-electron chi connectivity index (χ0n) is 18.5. The molecule has 1 aromatic heterocycles. The molecule has 0 aliphatic carbocycles. The molecule has 2 atom stereocenters. The average Bonchev–Trinajstić information content (AvgIpc) is 2.78. The molecular weight excluding hydrogens is 478 g/mol. The number of nitrogens with zero attached hydrogens (tertiary/aromatic N) is 1. The molecule has 1 heterocycles. The summed E-state index contributed by atoms with van der Waals surface area (Å²) in [5.41, 5.74) is 14.4. The molecule has 1 unspecified atom stereocenters. The number of anilines is 1. The van der Waals surface area contributed by atoms with E-state index in [2.05, 4.69) is 10.3 Å². The topological polar surface area (TPSA) is 111 Å². The lowest BCUT2D eigenvalue weighted by Gasteiger charge is -2.25.